The lowest BCUT2D eigenvalue weighted by Crippen LogP contribution is -2.23. The molecule has 0 unspecified atom stereocenters. The van der Waals surface area contributed by atoms with Gasteiger partial charge >= 0.3 is 0 Å². The Labute approximate surface area is 110 Å². The van der Waals surface area contributed by atoms with E-state index < -0.39 is 0 Å². The minimum atomic E-state index is -0.246. The van der Waals surface area contributed by atoms with E-state index >= 15 is 0 Å². The van der Waals surface area contributed by atoms with Crippen molar-refractivity contribution in [3.05, 3.63) is 52.2 Å². The third kappa shape index (κ3) is 2.90. The molecule has 1 aromatic heterocycles. The maximum atomic E-state index is 11.9. The van der Waals surface area contributed by atoms with E-state index in [1.807, 2.05) is 18.2 Å². The zero-order valence-electron chi connectivity index (χ0n) is 10.2. The normalized spacial score (nSPS) is 10.4. The highest BCUT2D eigenvalue weighted by Crippen LogP contribution is 2.11. The second kappa shape index (κ2) is 5.23. The van der Waals surface area contributed by atoms with E-state index in [1.54, 1.807) is 19.9 Å². The average Bonchev–Trinajstić information content (AvgIpc) is 2.66. The first-order valence-electron chi connectivity index (χ1n) is 5.53. The summed E-state index contributed by atoms with van der Waals surface area (Å²) in [6.45, 7) is 3.83. The standard InChI is InChI=1S/C13H13ClN2O2/c1-8-12(16-9(2)18-8)13(17)15-7-10-4-3-5-11(14)6-10/h3-6H,7H2,1-2H3,(H,15,17). The van der Waals surface area contributed by atoms with Gasteiger partial charge < -0.3 is 9.73 Å². The summed E-state index contributed by atoms with van der Waals surface area (Å²) in [5, 5.41) is 3.42. The maximum absolute atomic E-state index is 11.9. The largest absolute Gasteiger partial charge is 0.445 e. The number of hydrogen-bond acceptors (Lipinski definition) is 3. The van der Waals surface area contributed by atoms with Crippen LogP contribution in [0.5, 0.6) is 0 Å². The molecular weight excluding hydrogens is 252 g/mol. The van der Waals surface area contributed by atoms with E-state index in [0.29, 0.717) is 28.9 Å². The van der Waals surface area contributed by atoms with Gasteiger partial charge in [0, 0.05) is 18.5 Å². The fraction of sp³-hybridized carbons (Fsp3) is 0.231. The molecule has 0 saturated heterocycles. The van der Waals surface area contributed by atoms with Crippen molar-refractivity contribution in [2.45, 2.75) is 20.4 Å². The number of amides is 1. The first-order chi connectivity index (χ1) is 8.56. The molecule has 1 heterocycles. The maximum Gasteiger partial charge on any atom is 0.273 e. The lowest BCUT2D eigenvalue weighted by atomic mass is 10.2. The first kappa shape index (κ1) is 12.6. The van der Waals surface area contributed by atoms with Crippen molar-refractivity contribution < 1.29 is 9.21 Å². The highest BCUT2D eigenvalue weighted by Gasteiger charge is 2.14. The molecule has 4 nitrogen and oxygen atoms in total. The molecular formula is C13H13ClN2O2. The number of nitrogens with one attached hydrogen (secondary N) is 1. The molecule has 0 spiro atoms. The van der Waals surface area contributed by atoms with Crippen LogP contribution in [0, 0.1) is 13.8 Å². The Morgan fingerprint density at radius 2 is 2.22 bits per heavy atom. The van der Waals surface area contributed by atoms with Crippen LogP contribution in [0.25, 0.3) is 0 Å². The number of rotatable bonds is 3. The van der Waals surface area contributed by atoms with E-state index in [2.05, 4.69) is 10.3 Å². The molecule has 1 N–H and O–H groups in total. The fourth-order valence-electron chi connectivity index (χ4n) is 1.65. The van der Waals surface area contributed by atoms with Gasteiger partial charge in [-0.25, -0.2) is 4.98 Å². The molecule has 0 radical (unpaired) electrons. The Bertz CT molecular complexity index is 578. The van der Waals surface area contributed by atoms with Crippen molar-refractivity contribution in [2.24, 2.45) is 0 Å². The van der Waals surface area contributed by atoms with Gasteiger partial charge in [0.15, 0.2) is 11.6 Å². The predicted octanol–water partition coefficient (Wildman–Crippen LogP) is 2.87. The van der Waals surface area contributed by atoms with Gasteiger partial charge in [-0.2, -0.15) is 0 Å². The highest BCUT2D eigenvalue weighted by atomic mass is 35.5. The topological polar surface area (TPSA) is 55.1 Å². The minimum Gasteiger partial charge on any atom is -0.445 e. The van der Waals surface area contributed by atoms with E-state index in [9.17, 15) is 4.79 Å². The van der Waals surface area contributed by atoms with Gasteiger partial charge in [-0.15, -0.1) is 0 Å². The zero-order chi connectivity index (χ0) is 13.1. The molecule has 0 atom stereocenters. The molecule has 1 amide bonds. The Morgan fingerprint density at radius 1 is 1.44 bits per heavy atom. The van der Waals surface area contributed by atoms with Crippen LogP contribution in [0.1, 0.15) is 27.7 Å². The molecule has 2 rings (SSSR count). The van der Waals surface area contributed by atoms with E-state index in [1.165, 1.54) is 0 Å². The molecule has 0 bridgehead atoms. The van der Waals surface area contributed by atoms with Crippen LogP contribution in [0.15, 0.2) is 28.7 Å². The van der Waals surface area contributed by atoms with Crippen LogP contribution >= 0.6 is 11.6 Å². The summed E-state index contributed by atoms with van der Waals surface area (Å²) in [7, 11) is 0. The van der Waals surface area contributed by atoms with Crippen molar-refractivity contribution in [2.75, 3.05) is 0 Å². The number of aromatic nitrogens is 1. The number of nitrogens with zero attached hydrogens (tertiary/aromatic N) is 1. The summed E-state index contributed by atoms with van der Waals surface area (Å²) >= 11 is 5.87. The van der Waals surface area contributed by atoms with Crippen LogP contribution in [0.2, 0.25) is 5.02 Å². The third-order valence-corrected chi connectivity index (χ3v) is 2.70. The monoisotopic (exact) mass is 264 g/mol. The van der Waals surface area contributed by atoms with Gasteiger partial charge in [0.25, 0.3) is 5.91 Å². The molecule has 2 aromatic rings. The number of oxazole rings is 1. The Kier molecular flexibility index (Phi) is 3.67. The number of benzene rings is 1. The number of hydrogen-bond donors (Lipinski definition) is 1. The molecule has 0 aliphatic rings. The summed E-state index contributed by atoms with van der Waals surface area (Å²) < 4.78 is 5.21. The number of aryl methyl sites for hydroxylation is 2. The smallest absolute Gasteiger partial charge is 0.273 e. The number of carbonyl (C=O) groups excluding carboxylic acids is 1. The predicted molar refractivity (Wildman–Crippen MR) is 68.6 cm³/mol. The van der Waals surface area contributed by atoms with E-state index in [0.717, 1.165) is 5.56 Å². The third-order valence-electron chi connectivity index (χ3n) is 2.46. The zero-order valence-corrected chi connectivity index (χ0v) is 10.9. The highest BCUT2D eigenvalue weighted by molar-refractivity contribution is 6.30. The van der Waals surface area contributed by atoms with Crippen molar-refractivity contribution in [1.29, 1.82) is 0 Å². The number of carbonyl (C=O) groups is 1. The molecule has 5 heteroatoms. The van der Waals surface area contributed by atoms with Crippen LogP contribution in [0.4, 0.5) is 0 Å². The summed E-state index contributed by atoms with van der Waals surface area (Å²) in [6.07, 6.45) is 0. The minimum absolute atomic E-state index is 0.246. The van der Waals surface area contributed by atoms with Crippen molar-refractivity contribution >= 4 is 17.5 Å². The first-order valence-corrected chi connectivity index (χ1v) is 5.91. The Balaban J connectivity index is 2.03. The molecule has 18 heavy (non-hydrogen) atoms. The molecule has 1 aromatic carbocycles. The lowest BCUT2D eigenvalue weighted by molar-refractivity contribution is 0.0945. The summed E-state index contributed by atoms with van der Waals surface area (Å²) in [6, 6.07) is 7.34. The van der Waals surface area contributed by atoms with Gasteiger partial charge in [-0.1, -0.05) is 23.7 Å². The van der Waals surface area contributed by atoms with Gasteiger partial charge in [0.2, 0.25) is 0 Å². The lowest BCUT2D eigenvalue weighted by Gasteiger charge is -2.04. The fourth-order valence-corrected chi connectivity index (χ4v) is 1.87. The van der Waals surface area contributed by atoms with Crippen molar-refractivity contribution in [1.82, 2.24) is 10.3 Å². The van der Waals surface area contributed by atoms with E-state index in [-0.39, 0.29) is 5.91 Å². The Morgan fingerprint density at radius 3 is 2.83 bits per heavy atom. The van der Waals surface area contributed by atoms with Gasteiger partial charge in [-0.3, -0.25) is 4.79 Å². The average molecular weight is 265 g/mol. The number of halogens is 1. The van der Waals surface area contributed by atoms with Gasteiger partial charge in [-0.05, 0) is 24.6 Å². The summed E-state index contributed by atoms with van der Waals surface area (Å²) in [5.74, 6) is 0.765. The second-order valence-electron chi connectivity index (χ2n) is 3.95. The van der Waals surface area contributed by atoms with Crippen LogP contribution < -0.4 is 5.32 Å². The van der Waals surface area contributed by atoms with Crippen LogP contribution in [-0.2, 0) is 6.54 Å². The van der Waals surface area contributed by atoms with Crippen LogP contribution in [0.3, 0.4) is 0 Å². The SMILES string of the molecule is Cc1nc(C(=O)NCc2cccc(Cl)c2)c(C)o1. The summed E-state index contributed by atoms with van der Waals surface area (Å²) in [5.41, 5.74) is 1.27. The molecule has 0 saturated carbocycles. The quantitative estimate of drug-likeness (QED) is 0.927. The van der Waals surface area contributed by atoms with Crippen LogP contribution in [-0.4, -0.2) is 10.9 Å². The molecule has 0 aliphatic carbocycles. The summed E-state index contributed by atoms with van der Waals surface area (Å²) in [4.78, 5) is 15.9. The second-order valence-corrected chi connectivity index (χ2v) is 4.39. The van der Waals surface area contributed by atoms with Crippen molar-refractivity contribution in [3.8, 4) is 0 Å². The van der Waals surface area contributed by atoms with E-state index in [4.69, 9.17) is 16.0 Å². The van der Waals surface area contributed by atoms with Gasteiger partial charge in [0.1, 0.15) is 5.76 Å². The van der Waals surface area contributed by atoms with Gasteiger partial charge in [0.05, 0.1) is 0 Å². The molecule has 0 fully saturated rings. The van der Waals surface area contributed by atoms with Crippen molar-refractivity contribution in [3.63, 3.8) is 0 Å². The molecule has 0 aliphatic heterocycles. The molecule has 94 valence electrons. The Hall–Kier alpha value is -1.81.